The highest BCUT2D eigenvalue weighted by atomic mass is 16.2. The Bertz CT molecular complexity index is 602. The van der Waals surface area contributed by atoms with Crippen molar-refractivity contribution in [1.29, 1.82) is 0 Å². The predicted molar refractivity (Wildman–Crippen MR) is 81.1 cm³/mol. The Morgan fingerprint density at radius 1 is 1.43 bits per heavy atom. The van der Waals surface area contributed by atoms with E-state index in [4.69, 9.17) is 0 Å². The van der Waals surface area contributed by atoms with E-state index in [2.05, 4.69) is 15.7 Å². The molecular weight excluding hydrogens is 264 g/mol. The fourth-order valence-corrected chi connectivity index (χ4v) is 2.76. The average molecular weight is 284 g/mol. The first-order valence-corrected chi connectivity index (χ1v) is 7.36. The van der Waals surface area contributed by atoms with Crippen molar-refractivity contribution < 1.29 is 4.79 Å². The van der Waals surface area contributed by atoms with Gasteiger partial charge in [0.1, 0.15) is 0 Å². The van der Waals surface area contributed by atoms with E-state index in [0.29, 0.717) is 0 Å². The van der Waals surface area contributed by atoms with Gasteiger partial charge in [0.15, 0.2) is 0 Å². The van der Waals surface area contributed by atoms with E-state index < -0.39 is 0 Å². The second-order valence-electron chi connectivity index (χ2n) is 5.43. The predicted octanol–water partition coefficient (Wildman–Crippen LogP) is 1.66. The molecule has 1 aromatic carbocycles. The molecule has 3 rings (SSSR count). The van der Waals surface area contributed by atoms with Crippen molar-refractivity contribution in [1.82, 2.24) is 20.4 Å². The minimum Gasteiger partial charge on any atom is -0.349 e. The fraction of sp³-hybridized carbons (Fsp3) is 0.375. The van der Waals surface area contributed by atoms with Gasteiger partial charge >= 0.3 is 0 Å². The number of carbonyl (C=O) groups excluding carboxylic acids is 1. The molecule has 0 radical (unpaired) electrons. The highest BCUT2D eigenvalue weighted by molar-refractivity contribution is 5.79. The van der Waals surface area contributed by atoms with E-state index in [0.717, 1.165) is 30.8 Å². The molecular formula is C16H20N4O. The number of rotatable bonds is 4. The molecule has 1 aliphatic heterocycles. The highest BCUT2D eigenvalue weighted by Gasteiger charge is 2.24. The largest absolute Gasteiger partial charge is 0.349 e. The summed E-state index contributed by atoms with van der Waals surface area (Å²) in [6.45, 7) is 3.72. The molecule has 21 heavy (non-hydrogen) atoms. The summed E-state index contributed by atoms with van der Waals surface area (Å²) in [7, 11) is 0. The minimum atomic E-state index is -0.0431. The monoisotopic (exact) mass is 284 g/mol. The summed E-state index contributed by atoms with van der Waals surface area (Å²) < 4.78 is 1.83. The number of aromatic nitrogens is 2. The third kappa shape index (κ3) is 2.97. The lowest BCUT2D eigenvalue weighted by molar-refractivity contribution is -0.125. The van der Waals surface area contributed by atoms with Crippen LogP contribution in [0.2, 0.25) is 0 Å². The van der Waals surface area contributed by atoms with Crippen LogP contribution in [-0.2, 0) is 4.79 Å². The van der Waals surface area contributed by atoms with Gasteiger partial charge in [0.05, 0.1) is 17.6 Å². The van der Waals surface area contributed by atoms with Crippen LogP contribution < -0.4 is 10.6 Å². The van der Waals surface area contributed by atoms with E-state index in [1.165, 1.54) is 0 Å². The molecule has 0 bridgehead atoms. The van der Waals surface area contributed by atoms with Crippen LogP contribution in [0.1, 0.15) is 24.9 Å². The second-order valence-corrected chi connectivity index (χ2v) is 5.43. The van der Waals surface area contributed by atoms with E-state index in [1.807, 2.05) is 48.1 Å². The topological polar surface area (TPSA) is 59.0 Å². The van der Waals surface area contributed by atoms with Crippen LogP contribution in [0.25, 0.3) is 5.69 Å². The molecule has 5 heteroatoms. The van der Waals surface area contributed by atoms with Crippen molar-refractivity contribution in [2.24, 2.45) is 5.92 Å². The molecule has 1 amide bonds. The third-order valence-corrected chi connectivity index (χ3v) is 3.94. The molecule has 2 atom stereocenters. The maximum atomic E-state index is 12.3. The first kappa shape index (κ1) is 13.8. The quantitative estimate of drug-likeness (QED) is 0.897. The number of nitrogens with zero attached hydrogens (tertiary/aromatic N) is 2. The zero-order valence-electron chi connectivity index (χ0n) is 12.1. The summed E-state index contributed by atoms with van der Waals surface area (Å²) >= 11 is 0. The summed E-state index contributed by atoms with van der Waals surface area (Å²) in [5, 5.41) is 10.6. The van der Waals surface area contributed by atoms with Crippen molar-refractivity contribution in [3.8, 4) is 5.69 Å². The molecule has 0 aliphatic carbocycles. The number of hydrogen-bond acceptors (Lipinski definition) is 3. The van der Waals surface area contributed by atoms with Crippen molar-refractivity contribution in [2.75, 3.05) is 13.1 Å². The summed E-state index contributed by atoms with van der Waals surface area (Å²) in [6, 6.07) is 9.87. The van der Waals surface area contributed by atoms with Crippen LogP contribution in [-0.4, -0.2) is 28.8 Å². The summed E-state index contributed by atoms with van der Waals surface area (Å²) in [6.07, 6.45) is 4.58. The maximum absolute atomic E-state index is 12.3. The molecule has 0 spiro atoms. The van der Waals surface area contributed by atoms with Crippen LogP contribution in [0, 0.1) is 5.92 Å². The van der Waals surface area contributed by atoms with Gasteiger partial charge in [-0.15, -0.1) is 0 Å². The molecule has 5 nitrogen and oxygen atoms in total. The van der Waals surface area contributed by atoms with Gasteiger partial charge in [-0.25, -0.2) is 4.68 Å². The molecule has 2 unspecified atom stereocenters. The Balaban J connectivity index is 1.78. The van der Waals surface area contributed by atoms with Gasteiger partial charge in [-0.1, -0.05) is 18.2 Å². The SMILES string of the molecule is CC(NC(=O)C1CCNC1)c1ccccc1-n1cccn1. The molecule has 2 heterocycles. The molecule has 110 valence electrons. The highest BCUT2D eigenvalue weighted by Crippen LogP contribution is 2.21. The van der Waals surface area contributed by atoms with Crippen molar-refractivity contribution >= 4 is 5.91 Å². The average Bonchev–Trinajstić information content (AvgIpc) is 3.20. The van der Waals surface area contributed by atoms with Crippen LogP contribution in [0.15, 0.2) is 42.7 Å². The van der Waals surface area contributed by atoms with Gasteiger partial charge in [-0.3, -0.25) is 4.79 Å². The lowest BCUT2D eigenvalue weighted by Gasteiger charge is -2.19. The van der Waals surface area contributed by atoms with Crippen LogP contribution >= 0.6 is 0 Å². The standard InChI is InChI=1S/C16H20N4O/c1-12(19-16(21)13-7-9-17-11-13)14-5-2-3-6-15(14)20-10-4-8-18-20/h2-6,8,10,12-13,17H,7,9,11H2,1H3,(H,19,21). The second kappa shape index (κ2) is 6.10. The molecule has 0 saturated carbocycles. The Morgan fingerprint density at radius 2 is 2.29 bits per heavy atom. The summed E-state index contributed by atoms with van der Waals surface area (Å²) in [4.78, 5) is 12.3. The van der Waals surface area contributed by atoms with Gasteiger partial charge in [-0.2, -0.15) is 5.10 Å². The molecule has 1 aliphatic rings. The van der Waals surface area contributed by atoms with Gasteiger partial charge in [0, 0.05) is 18.9 Å². The molecule has 1 aromatic heterocycles. The molecule has 1 fully saturated rings. The van der Waals surface area contributed by atoms with Crippen LogP contribution in [0.3, 0.4) is 0 Å². The first-order valence-electron chi connectivity index (χ1n) is 7.36. The van der Waals surface area contributed by atoms with Crippen molar-refractivity contribution in [3.63, 3.8) is 0 Å². The molecule has 2 aromatic rings. The van der Waals surface area contributed by atoms with Crippen molar-refractivity contribution in [3.05, 3.63) is 48.3 Å². The number of nitrogens with one attached hydrogen (secondary N) is 2. The van der Waals surface area contributed by atoms with E-state index in [-0.39, 0.29) is 17.9 Å². The normalized spacial score (nSPS) is 19.4. The number of amides is 1. The third-order valence-electron chi connectivity index (χ3n) is 3.94. The zero-order valence-corrected chi connectivity index (χ0v) is 12.1. The van der Waals surface area contributed by atoms with E-state index in [9.17, 15) is 4.79 Å². The Morgan fingerprint density at radius 3 is 3.00 bits per heavy atom. The Hall–Kier alpha value is -2.14. The fourth-order valence-electron chi connectivity index (χ4n) is 2.76. The number of hydrogen-bond donors (Lipinski definition) is 2. The summed E-state index contributed by atoms with van der Waals surface area (Å²) in [5.74, 6) is 0.215. The zero-order chi connectivity index (χ0) is 14.7. The number of benzene rings is 1. The van der Waals surface area contributed by atoms with E-state index in [1.54, 1.807) is 6.20 Å². The van der Waals surface area contributed by atoms with Crippen molar-refractivity contribution in [2.45, 2.75) is 19.4 Å². The molecule has 2 N–H and O–H groups in total. The van der Waals surface area contributed by atoms with Crippen LogP contribution in [0.4, 0.5) is 0 Å². The smallest absolute Gasteiger partial charge is 0.224 e. The lowest BCUT2D eigenvalue weighted by Crippen LogP contribution is -2.34. The van der Waals surface area contributed by atoms with Gasteiger partial charge < -0.3 is 10.6 Å². The van der Waals surface area contributed by atoms with Gasteiger partial charge in [-0.05, 0) is 37.6 Å². The number of carbonyl (C=O) groups is 1. The van der Waals surface area contributed by atoms with Gasteiger partial charge in [0.25, 0.3) is 0 Å². The van der Waals surface area contributed by atoms with E-state index >= 15 is 0 Å². The maximum Gasteiger partial charge on any atom is 0.224 e. The van der Waals surface area contributed by atoms with Crippen LogP contribution in [0.5, 0.6) is 0 Å². The first-order chi connectivity index (χ1) is 10.3. The Labute approximate surface area is 124 Å². The Kier molecular flexibility index (Phi) is 4.01. The minimum absolute atomic E-state index is 0.0431. The summed E-state index contributed by atoms with van der Waals surface area (Å²) in [5.41, 5.74) is 2.07. The molecule has 1 saturated heterocycles. The number of para-hydroxylation sites is 1. The lowest BCUT2D eigenvalue weighted by atomic mass is 10.0. The van der Waals surface area contributed by atoms with Gasteiger partial charge in [0.2, 0.25) is 5.91 Å².